The van der Waals surface area contributed by atoms with Crippen molar-refractivity contribution in [1.29, 1.82) is 0 Å². The van der Waals surface area contributed by atoms with E-state index in [1.54, 1.807) is 12.0 Å². The minimum Gasteiger partial charge on any atom is -0.383 e. The second-order valence-electron chi connectivity index (χ2n) is 6.04. The van der Waals surface area contributed by atoms with Gasteiger partial charge in [-0.15, -0.1) is 0 Å². The first-order valence-corrected chi connectivity index (χ1v) is 7.11. The maximum Gasteiger partial charge on any atom is 0.249 e. The Morgan fingerprint density at radius 2 is 1.95 bits per heavy atom. The molecule has 1 saturated heterocycles. The van der Waals surface area contributed by atoms with Crippen LogP contribution in [0.4, 0.5) is 0 Å². The number of nitrogens with one attached hydrogen (secondary N) is 1. The van der Waals surface area contributed by atoms with Gasteiger partial charge in [-0.3, -0.25) is 9.59 Å². The van der Waals surface area contributed by atoms with Crippen LogP contribution in [0.2, 0.25) is 0 Å². The van der Waals surface area contributed by atoms with E-state index in [2.05, 4.69) is 19.2 Å². The summed E-state index contributed by atoms with van der Waals surface area (Å²) >= 11 is 0. The summed E-state index contributed by atoms with van der Waals surface area (Å²) in [7, 11) is 1.63. The zero-order valence-corrected chi connectivity index (χ0v) is 12.1. The Kier molecular flexibility index (Phi) is 4.13. The van der Waals surface area contributed by atoms with Gasteiger partial charge >= 0.3 is 0 Å². The highest BCUT2D eigenvalue weighted by atomic mass is 16.5. The molecule has 5 nitrogen and oxygen atoms in total. The van der Waals surface area contributed by atoms with Gasteiger partial charge in [-0.05, 0) is 18.8 Å². The second kappa shape index (κ2) is 5.49. The molecule has 2 amide bonds. The van der Waals surface area contributed by atoms with E-state index >= 15 is 0 Å². The quantitative estimate of drug-likeness (QED) is 0.825. The Morgan fingerprint density at radius 1 is 1.32 bits per heavy atom. The van der Waals surface area contributed by atoms with Crippen molar-refractivity contribution >= 4 is 11.8 Å². The predicted molar refractivity (Wildman–Crippen MR) is 71.6 cm³/mol. The molecule has 0 radical (unpaired) electrons. The molecule has 2 aliphatic rings. The number of nitrogens with zero attached hydrogens (tertiary/aromatic N) is 1. The first-order chi connectivity index (χ1) is 9.00. The molecule has 2 rings (SSSR count). The fourth-order valence-corrected chi connectivity index (χ4v) is 3.26. The molecular formula is C14H24N2O3. The molecule has 1 N–H and O–H groups in total. The molecular weight excluding hydrogens is 244 g/mol. The predicted octanol–water partition coefficient (Wildman–Crippen LogP) is 0.929. The molecule has 1 unspecified atom stereocenters. The van der Waals surface area contributed by atoms with Crippen molar-refractivity contribution in [1.82, 2.24) is 10.2 Å². The molecule has 19 heavy (non-hydrogen) atoms. The Morgan fingerprint density at radius 3 is 2.47 bits per heavy atom. The lowest BCUT2D eigenvalue weighted by molar-refractivity contribution is -0.154. The molecule has 0 aromatic rings. The summed E-state index contributed by atoms with van der Waals surface area (Å²) in [5, 5.41) is 2.94. The fourth-order valence-electron chi connectivity index (χ4n) is 3.26. The van der Waals surface area contributed by atoms with E-state index in [1.807, 2.05) is 0 Å². The monoisotopic (exact) mass is 268 g/mol. The molecule has 108 valence electrons. The number of amides is 2. The SMILES string of the molecule is COCC(C(C)C)N1CC(=O)NC2(CCCC2)C1=O. The van der Waals surface area contributed by atoms with Crippen LogP contribution in [0.1, 0.15) is 39.5 Å². The highest BCUT2D eigenvalue weighted by molar-refractivity contribution is 5.98. The van der Waals surface area contributed by atoms with Gasteiger partial charge < -0.3 is 15.0 Å². The van der Waals surface area contributed by atoms with E-state index in [4.69, 9.17) is 4.74 Å². The summed E-state index contributed by atoms with van der Waals surface area (Å²) in [5.41, 5.74) is -0.629. The minimum absolute atomic E-state index is 0.0268. The Bertz CT molecular complexity index is 362. The van der Waals surface area contributed by atoms with E-state index in [0.717, 1.165) is 25.7 Å². The van der Waals surface area contributed by atoms with Crippen LogP contribution >= 0.6 is 0 Å². The number of methoxy groups -OCH3 is 1. The number of carbonyl (C=O) groups is 2. The van der Waals surface area contributed by atoms with Crippen LogP contribution in [0.5, 0.6) is 0 Å². The first-order valence-electron chi connectivity index (χ1n) is 7.11. The van der Waals surface area contributed by atoms with Crippen LogP contribution < -0.4 is 5.32 Å². The smallest absolute Gasteiger partial charge is 0.249 e. The number of rotatable bonds is 4. The fraction of sp³-hybridized carbons (Fsp3) is 0.857. The minimum atomic E-state index is -0.629. The standard InChI is InChI=1S/C14H24N2O3/c1-10(2)11(9-19-3)16-8-12(17)15-14(13(16)18)6-4-5-7-14/h10-11H,4-9H2,1-3H3,(H,15,17). The van der Waals surface area contributed by atoms with Crippen LogP contribution in [-0.2, 0) is 14.3 Å². The van der Waals surface area contributed by atoms with Gasteiger partial charge in [0.25, 0.3) is 0 Å². The third-order valence-electron chi connectivity index (χ3n) is 4.33. The van der Waals surface area contributed by atoms with Crippen molar-refractivity contribution in [2.45, 2.75) is 51.1 Å². The molecule has 1 spiro atoms. The summed E-state index contributed by atoms with van der Waals surface area (Å²) in [5.74, 6) is 0.317. The first kappa shape index (κ1) is 14.3. The van der Waals surface area contributed by atoms with Crippen LogP contribution in [0.15, 0.2) is 0 Å². The molecule has 0 aromatic heterocycles. The summed E-state index contributed by atoms with van der Waals surface area (Å²) in [4.78, 5) is 26.5. The number of hydrogen-bond donors (Lipinski definition) is 1. The van der Waals surface area contributed by atoms with Crippen molar-refractivity contribution in [2.75, 3.05) is 20.3 Å². The van der Waals surface area contributed by atoms with Crippen LogP contribution in [0, 0.1) is 5.92 Å². The molecule has 1 aliphatic carbocycles. The van der Waals surface area contributed by atoms with E-state index in [-0.39, 0.29) is 30.3 Å². The number of carbonyl (C=O) groups excluding carboxylic acids is 2. The topological polar surface area (TPSA) is 58.6 Å². The van der Waals surface area contributed by atoms with E-state index in [1.165, 1.54) is 0 Å². The van der Waals surface area contributed by atoms with Gasteiger partial charge in [0.15, 0.2) is 0 Å². The largest absolute Gasteiger partial charge is 0.383 e. The third kappa shape index (κ3) is 2.61. The summed E-state index contributed by atoms with van der Waals surface area (Å²) in [6, 6.07) is -0.0268. The molecule has 1 saturated carbocycles. The maximum atomic E-state index is 12.8. The van der Waals surface area contributed by atoms with Gasteiger partial charge in [0, 0.05) is 7.11 Å². The lowest BCUT2D eigenvalue weighted by Crippen LogP contribution is -2.68. The lowest BCUT2D eigenvalue weighted by atomic mass is 9.90. The van der Waals surface area contributed by atoms with Crippen LogP contribution in [-0.4, -0.2) is 48.6 Å². The van der Waals surface area contributed by atoms with E-state index < -0.39 is 5.54 Å². The van der Waals surface area contributed by atoms with Gasteiger partial charge in [0.05, 0.1) is 12.6 Å². The number of piperazine rings is 1. The molecule has 2 fully saturated rings. The van der Waals surface area contributed by atoms with Gasteiger partial charge in [0.2, 0.25) is 11.8 Å². The zero-order valence-electron chi connectivity index (χ0n) is 12.1. The molecule has 1 heterocycles. The molecule has 1 aliphatic heterocycles. The number of ether oxygens (including phenoxy) is 1. The lowest BCUT2D eigenvalue weighted by Gasteiger charge is -2.44. The van der Waals surface area contributed by atoms with Crippen molar-refractivity contribution in [3.63, 3.8) is 0 Å². The molecule has 5 heteroatoms. The Hall–Kier alpha value is -1.10. The molecule has 1 atom stereocenters. The Labute approximate surface area is 114 Å². The van der Waals surface area contributed by atoms with Gasteiger partial charge in [0.1, 0.15) is 12.1 Å². The highest BCUT2D eigenvalue weighted by Gasteiger charge is 2.50. The normalized spacial score (nSPS) is 24.1. The summed E-state index contributed by atoms with van der Waals surface area (Å²) in [6.07, 6.45) is 3.56. The van der Waals surface area contributed by atoms with Gasteiger partial charge in [-0.25, -0.2) is 0 Å². The summed E-state index contributed by atoms with van der Waals surface area (Å²) in [6.45, 7) is 4.76. The third-order valence-corrected chi connectivity index (χ3v) is 4.33. The van der Waals surface area contributed by atoms with Crippen LogP contribution in [0.3, 0.4) is 0 Å². The van der Waals surface area contributed by atoms with Crippen molar-refractivity contribution in [2.24, 2.45) is 5.92 Å². The van der Waals surface area contributed by atoms with E-state index in [9.17, 15) is 9.59 Å². The van der Waals surface area contributed by atoms with Gasteiger partial charge in [-0.2, -0.15) is 0 Å². The molecule has 0 bridgehead atoms. The maximum absolute atomic E-state index is 12.8. The van der Waals surface area contributed by atoms with Crippen molar-refractivity contribution in [3.8, 4) is 0 Å². The number of hydrogen-bond acceptors (Lipinski definition) is 3. The van der Waals surface area contributed by atoms with Crippen LogP contribution in [0.25, 0.3) is 0 Å². The van der Waals surface area contributed by atoms with Crippen molar-refractivity contribution < 1.29 is 14.3 Å². The van der Waals surface area contributed by atoms with Gasteiger partial charge in [-0.1, -0.05) is 26.7 Å². The summed E-state index contributed by atoms with van der Waals surface area (Å²) < 4.78 is 5.23. The second-order valence-corrected chi connectivity index (χ2v) is 6.04. The van der Waals surface area contributed by atoms with Crippen molar-refractivity contribution in [3.05, 3.63) is 0 Å². The average molecular weight is 268 g/mol. The Balaban J connectivity index is 2.23. The average Bonchev–Trinajstić information content (AvgIpc) is 2.80. The molecule has 0 aromatic carbocycles. The zero-order chi connectivity index (χ0) is 14.0. The van der Waals surface area contributed by atoms with E-state index in [0.29, 0.717) is 6.61 Å². The highest BCUT2D eigenvalue weighted by Crippen LogP contribution is 2.34.